The zero-order chi connectivity index (χ0) is 22.4. The number of fused-ring (bicyclic) bond motifs is 1. The van der Waals surface area contributed by atoms with Crippen LogP contribution in [0.15, 0.2) is 29.6 Å². The van der Waals surface area contributed by atoms with Crippen molar-refractivity contribution in [2.24, 2.45) is 0 Å². The molecular formula is C22H20Cl2N6OS. The Balaban J connectivity index is 1.28. The topological polar surface area (TPSA) is 76.3 Å². The first kappa shape index (κ1) is 21.3. The summed E-state index contributed by atoms with van der Waals surface area (Å²) in [5, 5.41) is 16.9. The highest BCUT2D eigenvalue weighted by Crippen LogP contribution is 2.35. The molecule has 0 unspecified atom stereocenters. The number of hydrogen-bond donors (Lipinski definition) is 0. The van der Waals surface area contributed by atoms with Gasteiger partial charge >= 0.3 is 0 Å². The van der Waals surface area contributed by atoms with E-state index in [0.717, 1.165) is 34.8 Å². The van der Waals surface area contributed by atoms with Gasteiger partial charge in [0.1, 0.15) is 0 Å². The Bertz CT molecular complexity index is 1330. The smallest absolute Gasteiger partial charge is 0.276 e. The van der Waals surface area contributed by atoms with E-state index in [1.807, 2.05) is 42.3 Å². The number of rotatable bonds is 3. The monoisotopic (exact) mass is 486 g/mol. The standard InChI is InChI=1S/C22H20Cl2N6OS/c1-12-9-19-26-27-20(13(2)30(19)28-12)22(31)29-7-5-14(6-8-29)21-25-18(11-32-21)15-3-4-16(23)17(24)10-15/h3-4,9-11,14H,5-8H2,1-2H3. The summed E-state index contributed by atoms with van der Waals surface area (Å²) in [6, 6.07) is 7.40. The molecule has 1 fully saturated rings. The molecule has 3 aromatic heterocycles. The molecule has 164 valence electrons. The molecule has 1 saturated heterocycles. The number of hydrogen-bond acceptors (Lipinski definition) is 6. The number of aryl methyl sites for hydroxylation is 2. The van der Waals surface area contributed by atoms with Crippen molar-refractivity contribution in [2.75, 3.05) is 13.1 Å². The van der Waals surface area contributed by atoms with Crippen LogP contribution in [-0.4, -0.2) is 48.7 Å². The first-order chi connectivity index (χ1) is 15.4. The normalized spacial score (nSPS) is 14.9. The number of halogens is 2. The van der Waals surface area contributed by atoms with Crippen LogP contribution in [0.25, 0.3) is 16.9 Å². The molecule has 32 heavy (non-hydrogen) atoms. The molecule has 5 rings (SSSR count). The van der Waals surface area contributed by atoms with Gasteiger partial charge in [-0.2, -0.15) is 5.10 Å². The minimum Gasteiger partial charge on any atom is -0.337 e. The van der Waals surface area contributed by atoms with Crippen LogP contribution in [0, 0.1) is 13.8 Å². The van der Waals surface area contributed by atoms with E-state index in [9.17, 15) is 4.79 Å². The fraction of sp³-hybridized carbons (Fsp3) is 0.318. The maximum absolute atomic E-state index is 13.1. The lowest BCUT2D eigenvalue weighted by Gasteiger charge is -2.31. The number of carbonyl (C=O) groups excluding carboxylic acids is 1. The van der Waals surface area contributed by atoms with Crippen molar-refractivity contribution in [2.45, 2.75) is 32.6 Å². The Hall–Kier alpha value is -2.55. The molecule has 4 aromatic rings. The predicted molar refractivity (Wildman–Crippen MR) is 126 cm³/mol. The number of thiazole rings is 1. The van der Waals surface area contributed by atoms with E-state index < -0.39 is 0 Å². The second-order valence-electron chi connectivity index (χ2n) is 7.96. The highest BCUT2D eigenvalue weighted by molar-refractivity contribution is 7.10. The van der Waals surface area contributed by atoms with Crippen molar-refractivity contribution in [3.8, 4) is 11.3 Å². The van der Waals surface area contributed by atoms with Crippen LogP contribution < -0.4 is 0 Å². The summed E-state index contributed by atoms with van der Waals surface area (Å²) in [7, 11) is 0. The number of carbonyl (C=O) groups is 1. The van der Waals surface area contributed by atoms with Gasteiger partial charge in [0.25, 0.3) is 5.91 Å². The molecule has 1 aliphatic heterocycles. The van der Waals surface area contributed by atoms with Crippen molar-refractivity contribution in [1.29, 1.82) is 0 Å². The minimum absolute atomic E-state index is 0.0980. The van der Waals surface area contributed by atoms with E-state index in [1.54, 1.807) is 21.9 Å². The second-order valence-corrected chi connectivity index (χ2v) is 9.66. The van der Waals surface area contributed by atoms with Crippen molar-refractivity contribution in [3.63, 3.8) is 0 Å². The fourth-order valence-electron chi connectivity index (χ4n) is 4.02. The molecule has 0 saturated carbocycles. The summed E-state index contributed by atoms with van der Waals surface area (Å²) in [6.07, 6.45) is 1.71. The molecule has 10 heteroatoms. The largest absolute Gasteiger partial charge is 0.337 e. The fourth-order valence-corrected chi connectivity index (χ4v) is 5.32. The van der Waals surface area contributed by atoms with E-state index in [-0.39, 0.29) is 5.91 Å². The maximum Gasteiger partial charge on any atom is 0.276 e. The second kappa shape index (κ2) is 8.42. The first-order valence-corrected chi connectivity index (χ1v) is 11.9. The Kier molecular flexibility index (Phi) is 5.61. The van der Waals surface area contributed by atoms with Crippen LogP contribution in [0.3, 0.4) is 0 Å². The molecule has 1 aliphatic rings. The van der Waals surface area contributed by atoms with Crippen LogP contribution in [0.5, 0.6) is 0 Å². The Labute approximate surface area is 199 Å². The van der Waals surface area contributed by atoms with Gasteiger partial charge in [-0.1, -0.05) is 29.3 Å². The number of amides is 1. The highest BCUT2D eigenvalue weighted by atomic mass is 35.5. The van der Waals surface area contributed by atoms with Crippen molar-refractivity contribution < 1.29 is 4.79 Å². The summed E-state index contributed by atoms with van der Waals surface area (Å²) < 4.78 is 1.68. The van der Waals surface area contributed by atoms with E-state index >= 15 is 0 Å². The van der Waals surface area contributed by atoms with E-state index in [2.05, 4.69) is 15.3 Å². The lowest BCUT2D eigenvalue weighted by atomic mass is 9.97. The summed E-state index contributed by atoms with van der Waals surface area (Å²) in [5.74, 6) is 0.225. The number of likely N-dealkylation sites (tertiary alicyclic amines) is 1. The molecule has 4 heterocycles. The highest BCUT2D eigenvalue weighted by Gasteiger charge is 2.28. The quantitative estimate of drug-likeness (QED) is 0.398. The van der Waals surface area contributed by atoms with Gasteiger partial charge in [-0.3, -0.25) is 4.79 Å². The van der Waals surface area contributed by atoms with Crippen molar-refractivity contribution in [3.05, 3.63) is 61.8 Å². The van der Waals surface area contributed by atoms with Crippen LogP contribution in [0.4, 0.5) is 0 Å². The average Bonchev–Trinajstić information content (AvgIpc) is 3.43. The average molecular weight is 487 g/mol. The number of nitrogens with zero attached hydrogens (tertiary/aromatic N) is 6. The molecule has 0 radical (unpaired) electrons. The van der Waals surface area contributed by atoms with Gasteiger partial charge in [0.05, 0.1) is 32.1 Å². The van der Waals surface area contributed by atoms with Gasteiger partial charge in [-0.25, -0.2) is 9.50 Å². The molecular weight excluding hydrogens is 467 g/mol. The van der Waals surface area contributed by atoms with Crippen molar-refractivity contribution >= 4 is 46.1 Å². The third-order valence-electron chi connectivity index (χ3n) is 5.80. The van der Waals surface area contributed by atoms with Gasteiger partial charge < -0.3 is 4.90 Å². The molecule has 0 N–H and O–H groups in total. The third-order valence-corrected chi connectivity index (χ3v) is 7.54. The van der Waals surface area contributed by atoms with Gasteiger partial charge in [0.15, 0.2) is 11.3 Å². The number of piperidine rings is 1. The van der Waals surface area contributed by atoms with Gasteiger partial charge in [-0.05, 0) is 38.8 Å². The predicted octanol–water partition coefficient (Wildman–Crippen LogP) is 5.19. The molecule has 0 bridgehead atoms. The van der Waals surface area contributed by atoms with Gasteiger partial charge in [0, 0.05) is 36.0 Å². The summed E-state index contributed by atoms with van der Waals surface area (Å²) in [5.41, 5.74) is 4.41. The first-order valence-electron chi connectivity index (χ1n) is 10.3. The lowest BCUT2D eigenvalue weighted by Crippen LogP contribution is -2.39. The Morgan fingerprint density at radius 3 is 2.62 bits per heavy atom. The van der Waals surface area contributed by atoms with E-state index in [4.69, 9.17) is 28.2 Å². The molecule has 7 nitrogen and oxygen atoms in total. The molecule has 1 amide bonds. The van der Waals surface area contributed by atoms with Gasteiger partial charge in [0.2, 0.25) is 0 Å². The third kappa shape index (κ3) is 3.87. The SMILES string of the molecule is Cc1cc2nnc(C(=O)N3CCC(c4nc(-c5ccc(Cl)c(Cl)c5)cs4)CC3)c(C)n2n1. The maximum atomic E-state index is 13.1. The van der Waals surface area contributed by atoms with Crippen LogP contribution in [0.2, 0.25) is 10.0 Å². The molecule has 1 aromatic carbocycles. The summed E-state index contributed by atoms with van der Waals surface area (Å²) in [6.45, 7) is 5.06. The zero-order valence-electron chi connectivity index (χ0n) is 17.5. The molecule has 0 atom stereocenters. The number of benzene rings is 1. The minimum atomic E-state index is -0.0980. The van der Waals surface area contributed by atoms with E-state index in [1.165, 1.54) is 0 Å². The van der Waals surface area contributed by atoms with Crippen LogP contribution in [0.1, 0.15) is 45.6 Å². The lowest BCUT2D eigenvalue weighted by molar-refractivity contribution is 0.0704. The Morgan fingerprint density at radius 2 is 1.88 bits per heavy atom. The van der Waals surface area contributed by atoms with Crippen LogP contribution >= 0.6 is 34.5 Å². The van der Waals surface area contributed by atoms with E-state index in [0.29, 0.717) is 46.1 Å². The number of aromatic nitrogens is 5. The molecule has 0 aliphatic carbocycles. The van der Waals surface area contributed by atoms with Crippen molar-refractivity contribution in [1.82, 2.24) is 29.7 Å². The Morgan fingerprint density at radius 1 is 1.09 bits per heavy atom. The summed E-state index contributed by atoms with van der Waals surface area (Å²) >= 11 is 13.8. The zero-order valence-corrected chi connectivity index (χ0v) is 19.9. The van der Waals surface area contributed by atoms with Gasteiger partial charge in [-0.15, -0.1) is 21.5 Å². The molecule has 0 spiro atoms. The summed E-state index contributed by atoms with van der Waals surface area (Å²) in [4.78, 5) is 19.8. The van der Waals surface area contributed by atoms with Crippen LogP contribution in [-0.2, 0) is 0 Å².